The largest absolute Gasteiger partial charge is 0.382 e. The number of aliphatic hydroxyl groups excluding tert-OH is 1. The summed E-state index contributed by atoms with van der Waals surface area (Å²) in [6.07, 6.45) is -4.94. The molecule has 82 valence electrons. The Kier molecular flexibility index (Phi) is 3.54. The van der Waals surface area contributed by atoms with Crippen molar-refractivity contribution in [2.45, 2.75) is 12.5 Å². The first kappa shape index (κ1) is 11.8. The molecular formula is C8H6ClF2NO3. The lowest BCUT2D eigenvalue weighted by Crippen LogP contribution is -2.08. The molecule has 1 N–H and O–H groups in total. The first-order valence-corrected chi connectivity index (χ1v) is 4.21. The molecule has 0 fully saturated rings. The predicted octanol–water partition coefficient (Wildman–Crippen LogP) is 2.55. The van der Waals surface area contributed by atoms with Gasteiger partial charge in [-0.25, -0.2) is 8.78 Å². The summed E-state index contributed by atoms with van der Waals surface area (Å²) < 4.78 is 24.2. The number of hydrogen-bond acceptors (Lipinski definition) is 3. The van der Waals surface area contributed by atoms with Gasteiger partial charge in [-0.15, -0.1) is 0 Å². The van der Waals surface area contributed by atoms with Crippen molar-refractivity contribution in [3.8, 4) is 0 Å². The van der Waals surface area contributed by atoms with Crippen LogP contribution in [0.25, 0.3) is 0 Å². The molecule has 1 rings (SSSR count). The summed E-state index contributed by atoms with van der Waals surface area (Å²) in [5, 5.41) is 19.0. The van der Waals surface area contributed by atoms with Crippen LogP contribution in [0.3, 0.4) is 0 Å². The lowest BCUT2D eigenvalue weighted by Gasteiger charge is -2.09. The Morgan fingerprint density at radius 2 is 2.07 bits per heavy atom. The van der Waals surface area contributed by atoms with Gasteiger partial charge in [0.1, 0.15) is 11.1 Å². The molecule has 0 aliphatic heterocycles. The predicted molar refractivity (Wildman–Crippen MR) is 49.1 cm³/mol. The van der Waals surface area contributed by atoms with Crippen LogP contribution in [0.5, 0.6) is 0 Å². The Morgan fingerprint density at radius 3 is 2.47 bits per heavy atom. The maximum atomic E-state index is 12.1. The van der Waals surface area contributed by atoms with E-state index in [0.717, 1.165) is 18.2 Å². The van der Waals surface area contributed by atoms with E-state index in [1.54, 1.807) is 0 Å². The molecule has 0 aliphatic rings. The van der Waals surface area contributed by atoms with Crippen molar-refractivity contribution in [1.29, 1.82) is 0 Å². The molecule has 0 aliphatic carbocycles. The van der Waals surface area contributed by atoms with Crippen molar-refractivity contribution in [2.75, 3.05) is 0 Å². The van der Waals surface area contributed by atoms with Crippen LogP contribution in [0.4, 0.5) is 14.5 Å². The van der Waals surface area contributed by atoms with E-state index >= 15 is 0 Å². The van der Waals surface area contributed by atoms with E-state index in [1.807, 2.05) is 0 Å². The van der Waals surface area contributed by atoms with E-state index in [9.17, 15) is 18.9 Å². The van der Waals surface area contributed by atoms with Crippen molar-refractivity contribution in [1.82, 2.24) is 0 Å². The van der Waals surface area contributed by atoms with Crippen LogP contribution in [-0.2, 0) is 0 Å². The third kappa shape index (κ3) is 2.60. The third-order valence-corrected chi connectivity index (χ3v) is 2.05. The molecule has 0 saturated heterocycles. The summed E-state index contributed by atoms with van der Waals surface area (Å²) in [5.74, 6) is 0. The molecule has 1 unspecified atom stereocenters. The van der Waals surface area contributed by atoms with E-state index in [4.69, 9.17) is 16.7 Å². The molecule has 0 aromatic heterocycles. The average molecular weight is 238 g/mol. The Labute approximate surface area is 88.2 Å². The van der Waals surface area contributed by atoms with Crippen molar-refractivity contribution in [2.24, 2.45) is 0 Å². The highest BCUT2D eigenvalue weighted by molar-refractivity contribution is 6.32. The highest BCUT2D eigenvalue weighted by atomic mass is 35.5. The van der Waals surface area contributed by atoms with Gasteiger partial charge in [0.25, 0.3) is 12.1 Å². The fourth-order valence-electron chi connectivity index (χ4n) is 1.00. The van der Waals surface area contributed by atoms with Crippen LogP contribution in [0.1, 0.15) is 11.7 Å². The van der Waals surface area contributed by atoms with Gasteiger partial charge in [0.2, 0.25) is 0 Å². The lowest BCUT2D eigenvalue weighted by molar-refractivity contribution is -0.384. The molecule has 1 atom stereocenters. The number of nitro groups is 1. The second kappa shape index (κ2) is 4.50. The summed E-state index contributed by atoms with van der Waals surface area (Å²) in [6, 6.07) is 2.97. The van der Waals surface area contributed by atoms with Gasteiger partial charge >= 0.3 is 0 Å². The number of alkyl halides is 2. The summed E-state index contributed by atoms with van der Waals surface area (Å²) in [5.41, 5.74) is -0.539. The van der Waals surface area contributed by atoms with E-state index in [-0.39, 0.29) is 16.3 Å². The van der Waals surface area contributed by atoms with Crippen molar-refractivity contribution in [3.05, 3.63) is 38.9 Å². The van der Waals surface area contributed by atoms with Gasteiger partial charge in [-0.3, -0.25) is 10.1 Å². The molecule has 0 radical (unpaired) electrons. The number of nitrogens with zero attached hydrogens (tertiary/aromatic N) is 1. The van der Waals surface area contributed by atoms with Crippen molar-refractivity contribution < 1.29 is 18.8 Å². The second-order valence-electron chi connectivity index (χ2n) is 2.75. The van der Waals surface area contributed by atoms with Crippen molar-refractivity contribution >= 4 is 17.3 Å². The zero-order chi connectivity index (χ0) is 11.6. The lowest BCUT2D eigenvalue weighted by atomic mass is 10.1. The van der Waals surface area contributed by atoms with Gasteiger partial charge < -0.3 is 5.11 Å². The number of benzene rings is 1. The number of rotatable bonds is 3. The molecule has 4 nitrogen and oxygen atoms in total. The average Bonchev–Trinajstić information content (AvgIpc) is 2.15. The minimum absolute atomic E-state index is 0.152. The molecule has 0 heterocycles. The summed E-state index contributed by atoms with van der Waals surface area (Å²) in [4.78, 5) is 9.61. The minimum Gasteiger partial charge on any atom is -0.382 e. The molecule has 1 aromatic rings. The maximum Gasteiger partial charge on any atom is 0.287 e. The quantitative estimate of drug-likeness (QED) is 0.649. The monoisotopic (exact) mass is 237 g/mol. The zero-order valence-corrected chi connectivity index (χ0v) is 7.99. The maximum absolute atomic E-state index is 12.1. The Morgan fingerprint density at radius 1 is 1.47 bits per heavy atom. The first-order chi connectivity index (χ1) is 6.93. The molecule has 1 aromatic carbocycles. The van der Waals surface area contributed by atoms with Crippen LogP contribution in [0.2, 0.25) is 5.02 Å². The van der Waals surface area contributed by atoms with E-state index in [0.29, 0.717) is 0 Å². The molecule has 0 bridgehead atoms. The Balaban J connectivity index is 3.06. The summed E-state index contributed by atoms with van der Waals surface area (Å²) in [7, 11) is 0. The smallest absolute Gasteiger partial charge is 0.287 e. The van der Waals surface area contributed by atoms with Gasteiger partial charge in [0.05, 0.1) is 4.92 Å². The van der Waals surface area contributed by atoms with Gasteiger partial charge in [0, 0.05) is 6.07 Å². The number of halogens is 3. The third-order valence-electron chi connectivity index (χ3n) is 1.75. The van der Waals surface area contributed by atoms with Gasteiger partial charge in [-0.2, -0.15) is 0 Å². The molecule has 0 spiro atoms. The first-order valence-electron chi connectivity index (χ1n) is 3.83. The van der Waals surface area contributed by atoms with Crippen LogP contribution in [0, 0.1) is 10.1 Å². The molecule has 15 heavy (non-hydrogen) atoms. The number of aliphatic hydroxyl groups is 1. The highest BCUT2D eigenvalue weighted by Gasteiger charge is 2.21. The number of nitro benzene ring substituents is 1. The normalized spacial score (nSPS) is 12.9. The summed E-state index contributed by atoms with van der Waals surface area (Å²) >= 11 is 5.48. The Bertz CT molecular complexity index is 386. The molecule has 0 amide bonds. The van der Waals surface area contributed by atoms with Crippen LogP contribution >= 0.6 is 11.6 Å². The van der Waals surface area contributed by atoms with Crippen LogP contribution in [0.15, 0.2) is 18.2 Å². The number of hydrogen-bond donors (Lipinski definition) is 1. The fourth-order valence-corrected chi connectivity index (χ4v) is 1.26. The van der Waals surface area contributed by atoms with Gasteiger partial charge in [-0.1, -0.05) is 11.6 Å². The fraction of sp³-hybridized carbons (Fsp3) is 0.250. The topological polar surface area (TPSA) is 63.4 Å². The second-order valence-corrected chi connectivity index (χ2v) is 3.15. The standard InChI is InChI=1S/C8H6ClF2NO3/c9-5-3-4(7(13)8(10)11)1-2-6(5)12(14)15/h1-3,7-8,13H. The van der Waals surface area contributed by atoms with Crippen LogP contribution in [-0.4, -0.2) is 16.5 Å². The van der Waals surface area contributed by atoms with E-state index in [2.05, 4.69) is 0 Å². The molecule has 7 heteroatoms. The molecule has 0 saturated carbocycles. The van der Waals surface area contributed by atoms with Crippen molar-refractivity contribution in [3.63, 3.8) is 0 Å². The van der Waals surface area contributed by atoms with Crippen LogP contribution < -0.4 is 0 Å². The minimum atomic E-state index is -2.96. The SMILES string of the molecule is O=[N+]([O-])c1ccc(C(O)C(F)F)cc1Cl. The zero-order valence-electron chi connectivity index (χ0n) is 7.23. The Hall–Kier alpha value is -1.27. The van der Waals surface area contributed by atoms with Gasteiger partial charge in [-0.05, 0) is 17.7 Å². The highest BCUT2D eigenvalue weighted by Crippen LogP contribution is 2.29. The van der Waals surface area contributed by atoms with E-state index < -0.39 is 17.5 Å². The van der Waals surface area contributed by atoms with E-state index in [1.165, 1.54) is 0 Å². The van der Waals surface area contributed by atoms with Gasteiger partial charge in [0.15, 0.2) is 0 Å². The summed E-state index contributed by atoms with van der Waals surface area (Å²) in [6.45, 7) is 0. The molecular weight excluding hydrogens is 232 g/mol.